The molecular formula is C13H13BrN4O3. The molecule has 0 unspecified atom stereocenters. The highest BCUT2D eigenvalue weighted by Gasteiger charge is 2.14. The third kappa shape index (κ3) is 3.46. The molecule has 0 radical (unpaired) electrons. The van der Waals surface area contributed by atoms with Crippen LogP contribution < -0.4 is 10.1 Å². The minimum Gasteiger partial charge on any atom is -0.438 e. The van der Waals surface area contributed by atoms with E-state index in [1.807, 2.05) is 6.92 Å². The summed E-state index contributed by atoms with van der Waals surface area (Å²) in [5.74, 6) is 1.89. The average molecular weight is 353 g/mol. The SMILES string of the molecule is CNc1nc(C)nc(Oc2cc(Br)cc([N+](=O)[O-])c2)c1C. The Hall–Kier alpha value is -2.22. The largest absolute Gasteiger partial charge is 0.438 e. The number of aromatic nitrogens is 2. The van der Waals surface area contributed by atoms with Crippen LogP contribution in [0.15, 0.2) is 22.7 Å². The maximum Gasteiger partial charge on any atom is 0.274 e. The van der Waals surface area contributed by atoms with Gasteiger partial charge in [0.2, 0.25) is 5.88 Å². The van der Waals surface area contributed by atoms with Crippen molar-refractivity contribution < 1.29 is 9.66 Å². The molecule has 7 nitrogen and oxygen atoms in total. The van der Waals surface area contributed by atoms with Gasteiger partial charge in [-0.25, -0.2) is 4.98 Å². The normalized spacial score (nSPS) is 10.3. The van der Waals surface area contributed by atoms with Crippen molar-refractivity contribution in [1.82, 2.24) is 9.97 Å². The van der Waals surface area contributed by atoms with Crippen molar-refractivity contribution in [3.63, 3.8) is 0 Å². The molecule has 0 aliphatic heterocycles. The van der Waals surface area contributed by atoms with Gasteiger partial charge in [0.1, 0.15) is 17.4 Å². The van der Waals surface area contributed by atoms with E-state index in [2.05, 4.69) is 31.2 Å². The Morgan fingerprint density at radius 2 is 2.00 bits per heavy atom. The van der Waals surface area contributed by atoms with Gasteiger partial charge in [-0.2, -0.15) is 4.98 Å². The fraction of sp³-hybridized carbons (Fsp3) is 0.231. The van der Waals surface area contributed by atoms with Gasteiger partial charge in [0, 0.05) is 17.6 Å². The number of halogens is 1. The van der Waals surface area contributed by atoms with Gasteiger partial charge in [-0.3, -0.25) is 10.1 Å². The van der Waals surface area contributed by atoms with Crippen molar-refractivity contribution >= 4 is 27.4 Å². The third-order valence-corrected chi connectivity index (χ3v) is 3.19. The lowest BCUT2D eigenvalue weighted by Gasteiger charge is -2.11. The molecule has 2 rings (SSSR count). The van der Waals surface area contributed by atoms with E-state index < -0.39 is 4.92 Å². The van der Waals surface area contributed by atoms with E-state index in [1.54, 1.807) is 20.0 Å². The Bertz CT molecular complexity index is 706. The molecule has 1 N–H and O–H groups in total. The molecule has 0 aliphatic rings. The van der Waals surface area contributed by atoms with Crippen LogP contribution in [-0.4, -0.2) is 21.9 Å². The summed E-state index contributed by atoms with van der Waals surface area (Å²) >= 11 is 3.23. The molecule has 21 heavy (non-hydrogen) atoms. The average Bonchev–Trinajstić information content (AvgIpc) is 2.41. The van der Waals surface area contributed by atoms with E-state index in [1.165, 1.54) is 12.1 Å². The fourth-order valence-electron chi connectivity index (χ4n) is 1.77. The molecule has 0 saturated heterocycles. The van der Waals surface area contributed by atoms with Crippen LogP contribution in [-0.2, 0) is 0 Å². The summed E-state index contributed by atoms with van der Waals surface area (Å²) in [5.41, 5.74) is 0.669. The number of hydrogen-bond acceptors (Lipinski definition) is 6. The molecule has 2 aromatic rings. The van der Waals surface area contributed by atoms with E-state index in [0.29, 0.717) is 27.7 Å². The predicted octanol–water partition coefficient (Wildman–Crippen LogP) is 3.60. The molecule has 1 aromatic carbocycles. The molecular weight excluding hydrogens is 340 g/mol. The topological polar surface area (TPSA) is 90.2 Å². The van der Waals surface area contributed by atoms with E-state index in [9.17, 15) is 10.1 Å². The lowest BCUT2D eigenvalue weighted by Crippen LogP contribution is -2.03. The van der Waals surface area contributed by atoms with Gasteiger partial charge in [-0.1, -0.05) is 15.9 Å². The van der Waals surface area contributed by atoms with Crippen LogP contribution >= 0.6 is 15.9 Å². The smallest absolute Gasteiger partial charge is 0.274 e. The van der Waals surface area contributed by atoms with Crippen molar-refractivity contribution in [2.45, 2.75) is 13.8 Å². The lowest BCUT2D eigenvalue weighted by atomic mass is 10.3. The summed E-state index contributed by atoms with van der Waals surface area (Å²) in [6, 6.07) is 4.40. The number of aryl methyl sites for hydroxylation is 1. The van der Waals surface area contributed by atoms with Gasteiger partial charge in [-0.15, -0.1) is 0 Å². The first-order valence-electron chi connectivity index (χ1n) is 6.06. The zero-order valence-corrected chi connectivity index (χ0v) is 13.3. The zero-order valence-electron chi connectivity index (χ0n) is 11.7. The number of nitrogens with one attached hydrogen (secondary N) is 1. The molecule has 8 heteroatoms. The molecule has 0 bridgehead atoms. The number of benzene rings is 1. The standard InChI is InChI=1S/C13H13BrN4O3/c1-7-12(15-3)16-8(2)17-13(7)21-11-5-9(14)4-10(6-11)18(19)20/h4-6H,1-3H3,(H,15,16,17). The minimum atomic E-state index is -0.477. The quantitative estimate of drug-likeness (QED) is 0.667. The summed E-state index contributed by atoms with van der Waals surface area (Å²) in [6.45, 7) is 3.56. The van der Waals surface area contributed by atoms with E-state index in [0.717, 1.165) is 5.56 Å². The highest BCUT2D eigenvalue weighted by Crippen LogP contribution is 2.31. The van der Waals surface area contributed by atoms with Crippen molar-refractivity contribution in [2.75, 3.05) is 12.4 Å². The number of rotatable bonds is 4. The predicted molar refractivity (Wildman–Crippen MR) is 81.9 cm³/mol. The molecule has 0 fully saturated rings. The first-order valence-corrected chi connectivity index (χ1v) is 6.86. The molecule has 110 valence electrons. The Morgan fingerprint density at radius 1 is 1.29 bits per heavy atom. The van der Waals surface area contributed by atoms with Crippen LogP contribution in [0.4, 0.5) is 11.5 Å². The van der Waals surface area contributed by atoms with Gasteiger partial charge < -0.3 is 10.1 Å². The summed E-state index contributed by atoms with van der Waals surface area (Å²) in [5, 5.41) is 13.8. The number of nitro groups is 1. The number of non-ortho nitro benzene ring substituents is 1. The highest BCUT2D eigenvalue weighted by atomic mass is 79.9. The van der Waals surface area contributed by atoms with Crippen LogP contribution in [0.3, 0.4) is 0 Å². The summed E-state index contributed by atoms with van der Waals surface area (Å²) in [4.78, 5) is 18.9. The minimum absolute atomic E-state index is 0.0587. The summed E-state index contributed by atoms with van der Waals surface area (Å²) < 4.78 is 6.24. The molecule has 1 aromatic heterocycles. The third-order valence-electron chi connectivity index (χ3n) is 2.73. The van der Waals surface area contributed by atoms with Gasteiger partial charge in [0.05, 0.1) is 16.6 Å². The van der Waals surface area contributed by atoms with E-state index >= 15 is 0 Å². The second-order valence-corrected chi connectivity index (χ2v) is 5.22. The number of nitrogens with zero attached hydrogens (tertiary/aromatic N) is 3. The van der Waals surface area contributed by atoms with Crippen LogP contribution in [0, 0.1) is 24.0 Å². The van der Waals surface area contributed by atoms with Gasteiger partial charge >= 0.3 is 0 Å². The summed E-state index contributed by atoms with van der Waals surface area (Å²) in [6.07, 6.45) is 0. The Labute approximate surface area is 129 Å². The van der Waals surface area contributed by atoms with Crippen LogP contribution in [0.5, 0.6) is 11.6 Å². The number of ether oxygens (including phenoxy) is 1. The lowest BCUT2D eigenvalue weighted by molar-refractivity contribution is -0.385. The molecule has 0 spiro atoms. The van der Waals surface area contributed by atoms with E-state index in [-0.39, 0.29) is 5.69 Å². The monoisotopic (exact) mass is 352 g/mol. The van der Waals surface area contributed by atoms with Gasteiger partial charge in [0.25, 0.3) is 5.69 Å². The molecule has 0 atom stereocenters. The Morgan fingerprint density at radius 3 is 2.62 bits per heavy atom. The van der Waals surface area contributed by atoms with Gasteiger partial charge in [0.15, 0.2) is 0 Å². The first-order chi connectivity index (χ1) is 9.90. The van der Waals surface area contributed by atoms with Crippen molar-refractivity contribution in [2.24, 2.45) is 0 Å². The second kappa shape index (κ2) is 6.04. The van der Waals surface area contributed by atoms with Crippen molar-refractivity contribution in [3.8, 4) is 11.6 Å². The second-order valence-electron chi connectivity index (χ2n) is 4.30. The molecule has 1 heterocycles. The zero-order chi connectivity index (χ0) is 15.6. The van der Waals surface area contributed by atoms with Crippen LogP contribution in [0.2, 0.25) is 0 Å². The molecule has 0 aliphatic carbocycles. The van der Waals surface area contributed by atoms with Crippen molar-refractivity contribution in [3.05, 3.63) is 44.2 Å². The summed E-state index contributed by atoms with van der Waals surface area (Å²) in [7, 11) is 1.75. The number of anilines is 1. The Kier molecular flexibility index (Phi) is 4.37. The van der Waals surface area contributed by atoms with Gasteiger partial charge in [-0.05, 0) is 19.9 Å². The molecule has 0 amide bonds. The van der Waals surface area contributed by atoms with Crippen LogP contribution in [0.25, 0.3) is 0 Å². The Balaban J connectivity index is 2.43. The highest BCUT2D eigenvalue weighted by molar-refractivity contribution is 9.10. The number of nitro benzene ring substituents is 1. The number of hydrogen-bond donors (Lipinski definition) is 1. The first kappa shape index (κ1) is 15.2. The maximum absolute atomic E-state index is 10.9. The fourth-order valence-corrected chi connectivity index (χ4v) is 2.23. The van der Waals surface area contributed by atoms with Crippen molar-refractivity contribution in [1.29, 1.82) is 0 Å². The van der Waals surface area contributed by atoms with E-state index in [4.69, 9.17) is 4.74 Å². The van der Waals surface area contributed by atoms with Crippen LogP contribution in [0.1, 0.15) is 11.4 Å². The molecule has 0 saturated carbocycles. The maximum atomic E-state index is 10.9.